The van der Waals surface area contributed by atoms with Gasteiger partial charge in [-0.1, -0.05) is 19.1 Å². The monoisotopic (exact) mass is 296 g/mol. The van der Waals surface area contributed by atoms with Crippen LogP contribution in [-0.2, 0) is 14.4 Å². The number of para-hydroxylation sites is 1. The Morgan fingerprint density at radius 3 is 2.43 bits per heavy atom. The molecular formula is C13H16N2O6. The first kappa shape index (κ1) is 16.4. The molecule has 0 heterocycles. The van der Waals surface area contributed by atoms with Crippen molar-refractivity contribution in [3.05, 3.63) is 29.8 Å². The first-order chi connectivity index (χ1) is 9.92. The van der Waals surface area contributed by atoms with Gasteiger partial charge < -0.3 is 20.8 Å². The standard InChI is InChI=1S/C13H16N2O6/c1-2-11(17)15(10(7-16)12(18)19)21-13(20)8-5-3-4-6-9(8)14/h3-6,10,16H,2,7,14H2,1H3,(H,18,19)/t10-/m0/s1. The number of aliphatic hydroxyl groups is 1. The van der Waals surface area contributed by atoms with Crippen LogP contribution in [0.2, 0.25) is 0 Å². The van der Waals surface area contributed by atoms with Gasteiger partial charge in [-0.25, -0.2) is 9.59 Å². The van der Waals surface area contributed by atoms with E-state index in [0.717, 1.165) is 0 Å². The molecule has 1 aromatic carbocycles. The summed E-state index contributed by atoms with van der Waals surface area (Å²) in [5, 5.41) is 18.4. The molecule has 1 rings (SSSR count). The molecule has 0 spiro atoms. The zero-order chi connectivity index (χ0) is 16.0. The number of nitrogens with two attached hydrogens (primary N) is 1. The predicted molar refractivity (Wildman–Crippen MR) is 71.9 cm³/mol. The second kappa shape index (κ2) is 7.25. The third kappa shape index (κ3) is 3.93. The Morgan fingerprint density at radius 1 is 1.33 bits per heavy atom. The first-order valence-electron chi connectivity index (χ1n) is 6.14. The number of rotatable bonds is 5. The van der Waals surface area contributed by atoms with Crippen LogP contribution >= 0.6 is 0 Å². The molecule has 0 aliphatic carbocycles. The van der Waals surface area contributed by atoms with Crippen molar-refractivity contribution in [2.45, 2.75) is 19.4 Å². The zero-order valence-electron chi connectivity index (χ0n) is 11.4. The van der Waals surface area contributed by atoms with Crippen molar-refractivity contribution >= 4 is 23.5 Å². The summed E-state index contributed by atoms with van der Waals surface area (Å²) in [5.74, 6) is -3.22. The molecule has 8 nitrogen and oxygen atoms in total. The molecule has 0 aliphatic heterocycles. The average molecular weight is 296 g/mol. The third-order valence-corrected chi connectivity index (χ3v) is 2.65. The molecule has 0 bridgehead atoms. The number of carbonyl (C=O) groups excluding carboxylic acids is 2. The van der Waals surface area contributed by atoms with E-state index in [0.29, 0.717) is 5.06 Å². The highest BCUT2D eigenvalue weighted by molar-refractivity contribution is 5.96. The van der Waals surface area contributed by atoms with Crippen molar-refractivity contribution in [1.82, 2.24) is 5.06 Å². The fourth-order valence-corrected chi connectivity index (χ4v) is 1.52. The Kier molecular flexibility index (Phi) is 5.67. The van der Waals surface area contributed by atoms with Crippen molar-refractivity contribution < 1.29 is 29.4 Å². The number of amides is 1. The average Bonchev–Trinajstić information content (AvgIpc) is 2.46. The molecule has 114 valence electrons. The Morgan fingerprint density at radius 2 is 1.95 bits per heavy atom. The fourth-order valence-electron chi connectivity index (χ4n) is 1.52. The molecule has 0 radical (unpaired) electrons. The summed E-state index contributed by atoms with van der Waals surface area (Å²) in [6, 6.07) is 4.31. The predicted octanol–water partition coefficient (Wildman–Crippen LogP) is 0.0247. The third-order valence-electron chi connectivity index (χ3n) is 2.65. The summed E-state index contributed by atoms with van der Waals surface area (Å²) in [6.07, 6.45) is -0.0959. The summed E-state index contributed by atoms with van der Waals surface area (Å²) < 4.78 is 0. The van der Waals surface area contributed by atoms with E-state index in [2.05, 4.69) is 0 Å². The maximum atomic E-state index is 12.0. The smallest absolute Gasteiger partial charge is 0.365 e. The molecule has 1 aromatic rings. The van der Waals surface area contributed by atoms with Crippen LogP contribution in [0.25, 0.3) is 0 Å². The number of carboxylic acid groups (broad SMARTS) is 1. The molecular weight excluding hydrogens is 280 g/mol. The SMILES string of the molecule is CCC(=O)N(OC(=O)c1ccccc1N)[C@@H](CO)C(=O)O. The van der Waals surface area contributed by atoms with E-state index in [4.69, 9.17) is 20.8 Å². The van der Waals surface area contributed by atoms with E-state index in [1.54, 1.807) is 12.1 Å². The van der Waals surface area contributed by atoms with Crippen LogP contribution in [0.15, 0.2) is 24.3 Å². The largest absolute Gasteiger partial charge is 0.480 e. The maximum Gasteiger partial charge on any atom is 0.365 e. The summed E-state index contributed by atoms with van der Waals surface area (Å²) in [7, 11) is 0. The van der Waals surface area contributed by atoms with Gasteiger partial charge in [0.2, 0.25) is 0 Å². The number of carboxylic acids is 1. The normalized spacial score (nSPS) is 11.5. The van der Waals surface area contributed by atoms with Crippen LogP contribution in [0, 0.1) is 0 Å². The van der Waals surface area contributed by atoms with Crippen molar-refractivity contribution in [3.8, 4) is 0 Å². The maximum absolute atomic E-state index is 12.0. The van der Waals surface area contributed by atoms with Gasteiger partial charge in [-0.3, -0.25) is 4.79 Å². The van der Waals surface area contributed by atoms with E-state index >= 15 is 0 Å². The molecule has 0 saturated heterocycles. The van der Waals surface area contributed by atoms with Gasteiger partial charge in [-0.2, -0.15) is 5.06 Å². The van der Waals surface area contributed by atoms with Gasteiger partial charge in [-0.15, -0.1) is 0 Å². The lowest BCUT2D eigenvalue weighted by Gasteiger charge is -2.25. The van der Waals surface area contributed by atoms with E-state index in [1.165, 1.54) is 19.1 Å². The van der Waals surface area contributed by atoms with Crippen LogP contribution < -0.4 is 5.73 Å². The van der Waals surface area contributed by atoms with Crippen molar-refractivity contribution in [2.75, 3.05) is 12.3 Å². The van der Waals surface area contributed by atoms with Crippen molar-refractivity contribution in [1.29, 1.82) is 0 Å². The minimum absolute atomic E-state index is 0.00604. The van der Waals surface area contributed by atoms with Gasteiger partial charge in [-0.05, 0) is 12.1 Å². The van der Waals surface area contributed by atoms with Gasteiger partial charge >= 0.3 is 11.9 Å². The number of nitrogen functional groups attached to an aromatic ring is 1. The zero-order valence-corrected chi connectivity index (χ0v) is 11.4. The second-order valence-corrected chi connectivity index (χ2v) is 4.08. The highest BCUT2D eigenvalue weighted by atomic mass is 16.7. The Labute approximate surface area is 120 Å². The number of aliphatic carboxylic acids is 1. The number of anilines is 1. The van der Waals surface area contributed by atoms with Gasteiger partial charge in [0.25, 0.3) is 5.91 Å². The molecule has 1 atom stereocenters. The van der Waals surface area contributed by atoms with Gasteiger partial charge in [0.15, 0.2) is 6.04 Å². The highest BCUT2D eigenvalue weighted by Crippen LogP contribution is 2.14. The second-order valence-electron chi connectivity index (χ2n) is 4.08. The Bertz CT molecular complexity index is 545. The number of nitrogens with zero attached hydrogens (tertiary/aromatic N) is 1. The Hall–Kier alpha value is -2.61. The van der Waals surface area contributed by atoms with Crippen molar-refractivity contribution in [2.24, 2.45) is 0 Å². The topological polar surface area (TPSA) is 130 Å². The van der Waals surface area contributed by atoms with Crippen LogP contribution in [-0.4, -0.2) is 45.8 Å². The lowest BCUT2D eigenvalue weighted by molar-refractivity contribution is -0.190. The lowest BCUT2D eigenvalue weighted by atomic mass is 10.2. The number of benzene rings is 1. The molecule has 1 amide bonds. The molecule has 0 saturated carbocycles. The van der Waals surface area contributed by atoms with Crippen LogP contribution in [0.1, 0.15) is 23.7 Å². The number of hydrogen-bond acceptors (Lipinski definition) is 6. The highest BCUT2D eigenvalue weighted by Gasteiger charge is 2.32. The molecule has 4 N–H and O–H groups in total. The van der Waals surface area contributed by atoms with E-state index in [1.807, 2.05) is 0 Å². The molecule has 8 heteroatoms. The summed E-state index contributed by atoms with van der Waals surface area (Å²) in [6.45, 7) is 0.578. The molecule has 0 unspecified atom stereocenters. The molecule has 0 aromatic heterocycles. The number of hydroxylamine groups is 2. The summed E-state index contributed by atoms with van der Waals surface area (Å²) in [5.41, 5.74) is 5.73. The van der Waals surface area contributed by atoms with Gasteiger partial charge in [0.1, 0.15) is 0 Å². The quantitative estimate of drug-likeness (QED) is 0.516. The van der Waals surface area contributed by atoms with Crippen LogP contribution in [0.3, 0.4) is 0 Å². The van der Waals surface area contributed by atoms with Crippen LogP contribution in [0.4, 0.5) is 5.69 Å². The minimum Gasteiger partial charge on any atom is -0.480 e. The van der Waals surface area contributed by atoms with E-state index in [-0.39, 0.29) is 17.7 Å². The fraction of sp³-hybridized carbons (Fsp3) is 0.308. The van der Waals surface area contributed by atoms with E-state index in [9.17, 15) is 14.4 Å². The van der Waals surface area contributed by atoms with Crippen molar-refractivity contribution in [3.63, 3.8) is 0 Å². The molecule has 0 fully saturated rings. The van der Waals surface area contributed by atoms with E-state index < -0.39 is 30.5 Å². The lowest BCUT2D eigenvalue weighted by Crippen LogP contribution is -2.48. The minimum atomic E-state index is -1.67. The van der Waals surface area contributed by atoms with Gasteiger partial charge in [0.05, 0.1) is 12.2 Å². The number of aliphatic hydroxyl groups excluding tert-OH is 1. The summed E-state index contributed by atoms with van der Waals surface area (Å²) >= 11 is 0. The number of carbonyl (C=O) groups is 3. The summed E-state index contributed by atoms with van der Waals surface area (Å²) in [4.78, 5) is 39.5. The van der Waals surface area contributed by atoms with Crippen LogP contribution in [0.5, 0.6) is 0 Å². The number of hydrogen-bond donors (Lipinski definition) is 3. The Balaban J connectivity index is 3.02. The first-order valence-corrected chi connectivity index (χ1v) is 6.14. The molecule has 21 heavy (non-hydrogen) atoms. The van der Waals surface area contributed by atoms with Gasteiger partial charge in [0, 0.05) is 12.1 Å². The molecule has 0 aliphatic rings.